The smallest absolute Gasteiger partial charge is 0.148 e. The third-order valence-corrected chi connectivity index (χ3v) is 3.55. The molecular weight excluding hydrogens is 264 g/mol. The van der Waals surface area contributed by atoms with E-state index < -0.39 is 0 Å². The van der Waals surface area contributed by atoms with Crippen LogP contribution in [0.2, 0.25) is 0 Å². The van der Waals surface area contributed by atoms with E-state index in [0.717, 1.165) is 11.3 Å². The highest BCUT2D eigenvalue weighted by atomic mass is 16.3. The van der Waals surface area contributed by atoms with E-state index >= 15 is 0 Å². The van der Waals surface area contributed by atoms with Gasteiger partial charge in [0, 0.05) is 18.2 Å². The predicted molar refractivity (Wildman–Crippen MR) is 85.1 cm³/mol. The molecule has 1 aromatic heterocycles. The Hall–Kier alpha value is -1.98. The van der Waals surface area contributed by atoms with Gasteiger partial charge in [0.15, 0.2) is 0 Å². The van der Waals surface area contributed by atoms with Crippen molar-refractivity contribution in [1.29, 1.82) is 0 Å². The van der Waals surface area contributed by atoms with E-state index in [1.807, 2.05) is 12.1 Å². The van der Waals surface area contributed by atoms with E-state index in [9.17, 15) is 0 Å². The van der Waals surface area contributed by atoms with Crippen LogP contribution < -0.4 is 5.32 Å². The number of aliphatic hydroxyl groups excluding tert-OH is 1. The van der Waals surface area contributed by atoms with Crippen molar-refractivity contribution in [3.63, 3.8) is 0 Å². The lowest BCUT2D eigenvalue weighted by Crippen LogP contribution is -2.16. The number of nitrogens with one attached hydrogen (secondary N) is 1. The Kier molecular flexibility index (Phi) is 5.25. The maximum atomic E-state index is 8.76. The maximum Gasteiger partial charge on any atom is 0.148 e. The molecule has 0 saturated carbocycles. The zero-order valence-electron chi connectivity index (χ0n) is 12.7. The molecule has 0 amide bonds. The molecule has 0 radical (unpaired) electrons. The quantitative estimate of drug-likeness (QED) is 0.852. The molecular formula is C16H22N4O. The van der Waals surface area contributed by atoms with E-state index in [0.29, 0.717) is 18.4 Å². The highest BCUT2D eigenvalue weighted by Gasteiger charge is 2.08. The van der Waals surface area contributed by atoms with Crippen molar-refractivity contribution in [2.24, 2.45) is 0 Å². The second-order valence-electron chi connectivity index (χ2n) is 5.22. The highest BCUT2D eigenvalue weighted by molar-refractivity contribution is 5.60. The molecule has 0 saturated heterocycles. The third-order valence-electron chi connectivity index (χ3n) is 3.55. The second kappa shape index (κ2) is 7.15. The summed E-state index contributed by atoms with van der Waals surface area (Å²) >= 11 is 0. The molecule has 0 aliphatic rings. The molecule has 0 aliphatic carbocycles. The molecule has 1 atom stereocenters. The fourth-order valence-electron chi connectivity index (χ4n) is 2.00. The first-order valence-electron chi connectivity index (χ1n) is 7.07. The lowest BCUT2D eigenvalue weighted by atomic mass is 10.0. The number of hydrogen-bond acceptors (Lipinski definition) is 5. The van der Waals surface area contributed by atoms with E-state index in [-0.39, 0.29) is 6.61 Å². The summed E-state index contributed by atoms with van der Waals surface area (Å²) in [5, 5.41) is 20.0. The minimum Gasteiger partial charge on any atom is -0.395 e. The molecule has 2 rings (SSSR count). The summed E-state index contributed by atoms with van der Waals surface area (Å²) in [6.07, 6.45) is 0. The standard InChI is InChI=1S/C16H22N4O/c1-12(20(2)3)13-4-6-14(7-5-13)15-8-9-16(19-18-15)17-10-11-21/h4-9,12,21H,10-11H2,1-3H3,(H,17,19). The van der Waals surface area contributed by atoms with Crippen LogP contribution in [-0.4, -0.2) is 47.5 Å². The lowest BCUT2D eigenvalue weighted by molar-refractivity contribution is 0.311. The summed E-state index contributed by atoms with van der Waals surface area (Å²) in [6, 6.07) is 12.6. The molecule has 0 bridgehead atoms. The molecule has 0 aliphatic heterocycles. The Morgan fingerprint density at radius 1 is 1.10 bits per heavy atom. The SMILES string of the molecule is CC(c1ccc(-c2ccc(NCCO)nn2)cc1)N(C)C. The zero-order chi connectivity index (χ0) is 15.2. The number of benzene rings is 1. The van der Waals surface area contributed by atoms with Gasteiger partial charge in [0.05, 0.1) is 12.3 Å². The first-order chi connectivity index (χ1) is 10.1. The van der Waals surface area contributed by atoms with Gasteiger partial charge in [0.25, 0.3) is 0 Å². The molecule has 1 heterocycles. The Morgan fingerprint density at radius 3 is 2.33 bits per heavy atom. The van der Waals surface area contributed by atoms with Crippen molar-refractivity contribution in [1.82, 2.24) is 15.1 Å². The number of aromatic nitrogens is 2. The molecule has 5 heteroatoms. The van der Waals surface area contributed by atoms with Gasteiger partial charge in [0.1, 0.15) is 5.82 Å². The summed E-state index contributed by atoms with van der Waals surface area (Å²) in [6.45, 7) is 2.73. The zero-order valence-corrected chi connectivity index (χ0v) is 12.7. The minimum atomic E-state index is 0.0783. The topological polar surface area (TPSA) is 61.3 Å². The molecule has 5 nitrogen and oxygen atoms in total. The normalized spacial score (nSPS) is 12.4. The average molecular weight is 286 g/mol. The fourth-order valence-corrected chi connectivity index (χ4v) is 2.00. The van der Waals surface area contributed by atoms with Gasteiger partial charge in [-0.25, -0.2) is 0 Å². The van der Waals surface area contributed by atoms with Crippen molar-refractivity contribution < 1.29 is 5.11 Å². The van der Waals surface area contributed by atoms with Crippen LogP contribution >= 0.6 is 0 Å². The van der Waals surface area contributed by atoms with Crippen molar-refractivity contribution in [2.45, 2.75) is 13.0 Å². The Bertz CT molecular complexity index is 551. The minimum absolute atomic E-state index is 0.0783. The largest absolute Gasteiger partial charge is 0.395 e. The van der Waals surface area contributed by atoms with Gasteiger partial charge >= 0.3 is 0 Å². The highest BCUT2D eigenvalue weighted by Crippen LogP contribution is 2.22. The molecule has 2 N–H and O–H groups in total. The summed E-state index contributed by atoms with van der Waals surface area (Å²) < 4.78 is 0. The number of aliphatic hydroxyl groups is 1. The van der Waals surface area contributed by atoms with Crippen LogP contribution in [-0.2, 0) is 0 Å². The third kappa shape index (κ3) is 4.00. The van der Waals surface area contributed by atoms with Crippen LogP contribution in [0.5, 0.6) is 0 Å². The van der Waals surface area contributed by atoms with Crippen molar-refractivity contribution >= 4 is 5.82 Å². The van der Waals surface area contributed by atoms with E-state index in [2.05, 4.69) is 65.7 Å². The van der Waals surface area contributed by atoms with Crippen molar-refractivity contribution in [3.8, 4) is 11.3 Å². The molecule has 1 aromatic carbocycles. The van der Waals surface area contributed by atoms with E-state index in [4.69, 9.17) is 5.11 Å². The molecule has 1 unspecified atom stereocenters. The molecule has 21 heavy (non-hydrogen) atoms. The summed E-state index contributed by atoms with van der Waals surface area (Å²) in [4.78, 5) is 2.18. The first kappa shape index (κ1) is 15.4. The Balaban J connectivity index is 2.11. The monoisotopic (exact) mass is 286 g/mol. The lowest BCUT2D eigenvalue weighted by Gasteiger charge is -2.20. The molecule has 112 valence electrons. The van der Waals surface area contributed by atoms with Gasteiger partial charge in [-0.1, -0.05) is 24.3 Å². The van der Waals surface area contributed by atoms with Gasteiger partial charge in [-0.15, -0.1) is 10.2 Å². The Labute approximate surface area is 125 Å². The number of nitrogens with zero attached hydrogens (tertiary/aromatic N) is 3. The maximum absolute atomic E-state index is 8.76. The fraction of sp³-hybridized carbons (Fsp3) is 0.375. The Morgan fingerprint density at radius 2 is 1.81 bits per heavy atom. The van der Waals surface area contributed by atoms with Gasteiger partial charge in [-0.2, -0.15) is 0 Å². The van der Waals surface area contributed by atoms with E-state index in [1.165, 1.54) is 5.56 Å². The van der Waals surface area contributed by atoms with E-state index in [1.54, 1.807) is 0 Å². The van der Waals surface area contributed by atoms with Crippen LogP contribution in [0.25, 0.3) is 11.3 Å². The average Bonchev–Trinajstić information content (AvgIpc) is 2.53. The van der Waals surface area contributed by atoms with Gasteiger partial charge in [0.2, 0.25) is 0 Å². The number of hydrogen-bond donors (Lipinski definition) is 2. The summed E-state index contributed by atoms with van der Waals surface area (Å²) in [5.74, 6) is 0.672. The van der Waals surface area contributed by atoms with Crippen LogP contribution in [0.15, 0.2) is 36.4 Å². The van der Waals surface area contributed by atoms with Crippen molar-refractivity contribution in [3.05, 3.63) is 42.0 Å². The van der Waals surface area contributed by atoms with Crippen LogP contribution in [0, 0.1) is 0 Å². The second-order valence-corrected chi connectivity index (χ2v) is 5.22. The van der Waals surface area contributed by atoms with Gasteiger partial charge < -0.3 is 15.3 Å². The summed E-state index contributed by atoms with van der Waals surface area (Å²) in [7, 11) is 4.14. The van der Waals surface area contributed by atoms with Crippen molar-refractivity contribution in [2.75, 3.05) is 32.6 Å². The summed E-state index contributed by atoms with van der Waals surface area (Å²) in [5.41, 5.74) is 3.16. The predicted octanol–water partition coefficient (Wildman–Crippen LogP) is 2.17. The first-order valence-corrected chi connectivity index (χ1v) is 7.07. The number of rotatable bonds is 6. The molecule has 2 aromatic rings. The van der Waals surface area contributed by atoms with Crippen LogP contribution in [0.3, 0.4) is 0 Å². The molecule has 0 spiro atoms. The van der Waals surface area contributed by atoms with Crippen LogP contribution in [0.1, 0.15) is 18.5 Å². The molecule has 0 fully saturated rings. The van der Waals surface area contributed by atoms with Gasteiger partial charge in [-0.05, 0) is 38.7 Å². The number of anilines is 1. The van der Waals surface area contributed by atoms with Crippen LogP contribution in [0.4, 0.5) is 5.82 Å². The van der Waals surface area contributed by atoms with Gasteiger partial charge in [-0.3, -0.25) is 0 Å².